The van der Waals surface area contributed by atoms with Gasteiger partial charge in [-0.2, -0.15) is 0 Å². The highest BCUT2D eigenvalue weighted by Gasteiger charge is 2.27. The molecule has 0 N–H and O–H groups in total. The predicted molar refractivity (Wildman–Crippen MR) is 84.5 cm³/mol. The monoisotopic (exact) mass is 320 g/mol. The van der Waals surface area contributed by atoms with Crippen molar-refractivity contribution in [3.8, 4) is 0 Å². The van der Waals surface area contributed by atoms with E-state index in [-0.39, 0.29) is 11.8 Å². The first kappa shape index (κ1) is 15.6. The topological polar surface area (TPSA) is 40.6 Å². The van der Waals surface area contributed by atoms with Gasteiger partial charge in [0, 0.05) is 14.1 Å². The number of carbonyl (C=O) groups is 2. The van der Waals surface area contributed by atoms with Crippen LogP contribution in [-0.2, 0) is 9.59 Å². The maximum atomic E-state index is 11.1. The zero-order valence-electron chi connectivity index (χ0n) is 10.1. The molecule has 0 unspecified atom stereocenters. The zero-order valence-corrected chi connectivity index (χ0v) is 13.4. The van der Waals surface area contributed by atoms with E-state index < -0.39 is 0 Å². The fraction of sp³-hybridized carbons (Fsp3) is 0.400. The smallest absolute Gasteiger partial charge is 0.265 e. The van der Waals surface area contributed by atoms with E-state index in [2.05, 4.69) is 0 Å². The third kappa shape index (κ3) is 3.53. The Hall–Kier alpha value is -0.440. The van der Waals surface area contributed by atoms with Gasteiger partial charge in [0.25, 0.3) is 5.91 Å². The number of rotatable bonds is 0. The molecule has 2 aliphatic heterocycles. The third-order valence-corrected chi connectivity index (χ3v) is 5.36. The van der Waals surface area contributed by atoms with Crippen LogP contribution in [0.5, 0.6) is 0 Å². The van der Waals surface area contributed by atoms with Crippen molar-refractivity contribution in [3.63, 3.8) is 0 Å². The Balaban J connectivity index is 0.000000184. The number of likely N-dealkylation sites (N-methyl/N-ethyl adjacent to an activating group) is 1. The Bertz CT molecular complexity index is 431. The lowest BCUT2D eigenvalue weighted by molar-refractivity contribution is -0.123. The molecular formula is C10H12N2O2S4. The van der Waals surface area contributed by atoms with Gasteiger partial charge < -0.3 is 4.90 Å². The zero-order chi connectivity index (χ0) is 13.9. The molecule has 0 spiro atoms. The number of thiocarbonyl (C=S) groups is 2. The Morgan fingerprint density at radius 2 is 1.78 bits per heavy atom. The second-order valence-corrected chi connectivity index (χ2v) is 6.68. The van der Waals surface area contributed by atoms with Crippen LogP contribution in [0, 0.1) is 0 Å². The molecule has 2 amide bonds. The minimum atomic E-state index is 0.0116. The molecule has 0 aromatic rings. The van der Waals surface area contributed by atoms with Gasteiger partial charge in [-0.1, -0.05) is 54.0 Å². The van der Waals surface area contributed by atoms with E-state index in [1.807, 2.05) is 6.92 Å². The number of hydrogen-bond donors (Lipinski definition) is 0. The summed E-state index contributed by atoms with van der Waals surface area (Å²) >= 11 is 12.4. The molecular weight excluding hydrogens is 308 g/mol. The normalized spacial score (nSPS) is 21.8. The molecule has 0 atom stereocenters. The van der Waals surface area contributed by atoms with Crippen LogP contribution in [0.25, 0.3) is 0 Å². The molecule has 0 aliphatic carbocycles. The summed E-state index contributed by atoms with van der Waals surface area (Å²) in [5, 5.41) is 0. The summed E-state index contributed by atoms with van der Waals surface area (Å²) in [4.78, 5) is 25.4. The first-order valence-electron chi connectivity index (χ1n) is 4.98. The Labute approximate surface area is 125 Å². The first-order valence-corrected chi connectivity index (χ1v) is 7.59. The first-order chi connectivity index (χ1) is 8.38. The SMILES string of the molecule is C/C=C1\SC(=S)N(C)C1=O.CN1C(=O)CSC1=S. The highest BCUT2D eigenvalue weighted by molar-refractivity contribution is 8.26. The molecule has 0 radical (unpaired) electrons. The van der Waals surface area contributed by atoms with Crippen LogP contribution in [0.2, 0.25) is 0 Å². The Morgan fingerprint density at radius 3 is 1.94 bits per heavy atom. The fourth-order valence-corrected chi connectivity index (χ4v) is 3.17. The highest BCUT2D eigenvalue weighted by Crippen LogP contribution is 2.28. The van der Waals surface area contributed by atoms with Crippen molar-refractivity contribution in [2.75, 3.05) is 19.8 Å². The average Bonchev–Trinajstić information content (AvgIpc) is 2.78. The van der Waals surface area contributed by atoms with Crippen LogP contribution in [0.15, 0.2) is 11.0 Å². The van der Waals surface area contributed by atoms with Crippen LogP contribution in [0.4, 0.5) is 0 Å². The van der Waals surface area contributed by atoms with Gasteiger partial charge in [0.15, 0.2) is 0 Å². The number of hydrogen-bond acceptors (Lipinski definition) is 6. The van der Waals surface area contributed by atoms with Gasteiger partial charge in [-0.3, -0.25) is 14.5 Å². The molecule has 0 saturated carbocycles. The molecule has 2 heterocycles. The molecule has 0 aromatic heterocycles. The molecule has 2 fully saturated rings. The standard InChI is InChI=1S/C6H7NOS2.C4H5NOS2/c1-3-4-5(8)7(2)6(9)10-4;1-5-3(6)2-8-4(5)7/h3H,1-2H3;2H2,1H3/b4-3-;. The Morgan fingerprint density at radius 1 is 1.17 bits per heavy atom. The average molecular weight is 320 g/mol. The number of thioether (sulfide) groups is 2. The van der Waals surface area contributed by atoms with Crippen molar-refractivity contribution in [2.24, 2.45) is 0 Å². The molecule has 0 aromatic carbocycles. The van der Waals surface area contributed by atoms with E-state index in [1.165, 1.54) is 33.3 Å². The van der Waals surface area contributed by atoms with Gasteiger partial charge in [0.1, 0.15) is 8.64 Å². The van der Waals surface area contributed by atoms with Gasteiger partial charge in [0.05, 0.1) is 10.7 Å². The van der Waals surface area contributed by atoms with Crippen LogP contribution >= 0.6 is 48.0 Å². The van der Waals surface area contributed by atoms with E-state index in [4.69, 9.17) is 24.4 Å². The summed E-state index contributed by atoms with van der Waals surface area (Å²) < 4.78 is 1.33. The molecule has 2 aliphatic rings. The third-order valence-electron chi connectivity index (χ3n) is 2.22. The summed E-state index contributed by atoms with van der Waals surface area (Å²) in [5.41, 5.74) is 0. The maximum Gasteiger partial charge on any atom is 0.265 e. The van der Waals surface area contributed by atoms with Crippen molar-refractivity contribution in [1.29, 1.82) is 0 Å². The molecule has 18 heavy (non-hydrogen) atoms. The van der Waals surface area contributed by atoms with E-state index in [0.717, 1.165) is 4.91 Å². The number of carbonyl (C=O) groups excluding carboxylic acids is 2. The predicted octanol–water partition coefficient (Wildman–Crippen LogP) is 1.86. The van der Waals surface area contributed by atoms with Crippen LogP contribution < -0.4 is 0 Å². The van der Waals surface area contributed by atoms with Gasteiger partial charge in [-0.05, 0) is 6.92 Å². The van der Waals surface area contributed by atoms with E-state index in [1.54, 1.807) is 20.2 Å². The number of allylic oxidation sites excluding steroid dienone is 1. The quantitative estimate of drug-likeness (QED) is 0.501. The van der Waals surface area contributed by atoms with Crippen molar-refractivity contribution in [3.05, 3.63) is 11.0 Å². The summed E-state index contributed by atoms with van der Waals surface area (Å²) in [5.74, 6) is 0.646. The molecule has 4 nitrogen and oxygen atoms in total. The maximum absolute atomic E-state index is 11.1. The highest BCUT2D eigenvalue weighted by atomic mass is 32.2. The van der Waals surface area contributed by atoms with Gasteiger partial charge in [0.2, 0.25) is 5.91 Å². The second kappa shape index (κ2) is 6.65. The van der Waals surface area contributed by atoms with E-state index in [0.29, 0.717) is 14.4 Å². The van der Waals surface area contributed by atoms with Crippen molar-refractivity contribution < 1.29 is 9.59 Å². The minimum absolute atomic E-state index is 0.0116. The van der Waals surface area contributed by atoms with Gasteiger partial charge in [-0.25, -0.2) is 0 Å². The fourth-order valence-electron chi connectivity index (χ4n) is 1.06. The number of amides is 2. The van der Waals surface area contributed by atoms with Gasteiger partial charge in [-0.15, -0.1) is 0 Å². The van der Waals surface area contributed by atoms with E-state index in [9.17, 15) is 9.59 Å². The number of nitrogens with zero attached hydrogens (tertiary/aromatic N) is 2. The molecule has 98 valence electrons. The molecule has 2 saturated heterocycles. The van der Waals surface area contributed by atoms with Crippen molar-refractivity contribution in [1.82, 2.24) is 9.80 Å². The lowest BCUT2D eigenvalue weighted by Gasteiger charge is -2.03. The summed E-state index contributed by atoms with van der Waals surface area (Å²) in [6.45, 7) is 1.84. The second-order valence-electron chi connectivity index (χ2n) is 3.39. The lowest BCUT2D eigenvalue weighted by Crippen LogP contribution is -2.22. The van der Waals surface area contributed by atoms with Gasteiger partial charge >= 0.3 is 0 Å². The summed E-state index contributed by atoms with van der Waals surface area (Å²) in [6, 6.07) is 0. The molecule has 2 rings (SSSR count). The van der Waals surface area contributed by atoms with Crippen LogP contribution in [0.3, 0.4) is 0 Å². The van der Waals surface area contributed by atoms with Crippen LogP contribution in [-0.4, -0.2) is 50.1 Å². The largest absolute Gasteiger partial charge is 0.300 e. The summed E-state index contributed by atoms with van der Waals surface area (Å²) in [6.07, 6.45) is 1.78. The molecule has 8 heteroatoms. The Kier molecular flexibility index (Phi) is 5.77. The van der Waals surface area contributed by atoms with Crippen LogP contribution in [0.1, 0.15) is 6.92 Å². The minimum Gasteiger partial charge on any atom is -0.300 e. The molecule has 0 bridgehead atoms. The van der Waals surface area contributed by atoms with E-state index >= 15 is 0 Å². The lowest BCUT2D eigenvalue weighted by atomic mass is 10.5. The van der Waals surface area contributed by atoms with Crippen molar-refractivity contribution >= 4 is 68.4 Å². The van der Waals surface area contributed by atoms with Crippen molar-refractivity contribution in [2.45, 2.75) is 6.92 Å². The summed E-state index contributed by atoms with van der Waals surface area (Å²) in [7, 11) is 3.39.